The maximum Gasteiger partial charge on any atom is 0.252 e. The predicted molar refractivity (Wildman–Crippen MR) is 101 cm³/mol. The second-order valence-electron chi connectivity index (χ2n) is 6.23. The smallest absolute Gasteiger partial charge is 0.252 e. The second-order valence-corrected chi connectivity index (χ2v) is 6.23. The number of nitrogens with two attached hydrogens (primary N) is 1. The molecule has 1 aromatic carbocycles. The number of amides is 1. The van der Waals surface area contributed by atoms with E-state index in [1.807, 2.05) is 23.1 Å². The van der Waals surface area contributed by atoms with Gasteiger partial charge in [-0.25, -0.2) is 4.98 Å². The number of carbonyl (C=O) groups is 1. The minimum Gasteiger partial charge on any atom is -0.504 e. The Morgan fingerprint density at radius 1 is 1.19 bits per heavy atom. The van der Waals surface area contributed by atoms with E-state index in [-0.39, 0.29) is 5.75 Å². The molecule has 0 bridgehead atoms. The second kappa shape index (κ2) is 6.95. The number of phenols is 1. The first-order valence-corrected chi connectivity index (χ1v) is 8.52. The first-order chi connectivity index (χ1) is 13.1. The number of ether oxygens (including phenoxy) is 1. The number of aromatic nitrogens is 2. The van der Waals surface area contributed by atoms with Crippen LogP contribution < -0.4 is 15.4 Å². The van der Waals surface area contributed by atoms with Crippen molar-refractivity contribution in [2.45, 2.75) is 6.54 Å². The summed E-state index contributed by atoms with van der Waals surface area (Å²) in [5.41, 5.74) is 8.37. The van der Waals surface area contributed by atoms with Crippen LogP contribution in [0.5, 0.6) is 11.5 Å². The van der Waals surface area contributed by atoms with E-state index in [4.69, 9.17) is 10.5 Å². The molecular formula is C20H18N4O3. The van der Waals surface area contributed by atoms with Crippen molar-refractivity contribution in [3.05, 3.63) is 66.1 Å². The zero-order valence-corrected chi connectivity index (χ0v) is 14.5. The molecule has 3 aromatic rings. The fourth-order valence-corrected chi connectivity index (χ4v) is 3.22. The third-order valence-corrected chi connectivity index (χ3v) is 4.46. The minimum atomic E-state index is -0.532. The normalized spacial score (nSPS) is 13.4. The van der Waals surface area contributed by atoms with Gasteiger partial charge in [0.25, 0.3) is 5.91 Å². The maximum absolute atomic E-state index is 11.8. The number of hydrogen-bond donors (Lipinski definition) is 2. The van der Waals surface area contributed by atoms with E-state index in [1.165, 1.54) is 0 Å². The molecular weight excluding hydrogens is 344 g/mol. The Hall–Kier alpha value is -3.61. The topological polar surface area (TPSA) is 102 Å². The summed E-state index contributed by atoms with van der Waals surface area (Å²) in [4.78, 5) is 22.2. The minimum absolute atomic E-state index is 0.0735. The number of primary amides is 1. The number of pyridine rings is 2. The van der Waals surface area contributed by atoms with Gasteiger partial charge in [0.1, 0.15) is 12.4 Å². The van der Waals surface area contributed by atoms with Gasteiger partial charge in [0, 0.05) is 36.3 Å². The lowest BCUT2D eigenvalue weighted by atomic mass is 10.0. The van der Waals surface area contributed by atoms with Crippen molar-refractivity contribution < 1.29 is 14.6 Å². The molecule has 0 unspecified atom stereocenters. The number of rotatable bonds is 3. The monoisotopic (exact) mass is 362 g/mol. The highest BCUT2D eigenvalue weighted by Gasteiger charge is 2.23. The van der Waals surface area contributed by atoms with E-state index >= 15 is 0 Å². The van der Waals surface area contributed by atoms with Crippen molar-refractivity contribution in [2.75, 3.05) is 18.1 Å². The number of fused-ring (bicyclic) bond motifs is 1. The fraction of sp³-hybridized carbons (Fsp3) is 0.150. The van der Waals surface area contributed by atoms with E-state index in [2.05, 4.69) is 9.97 Å². The van der Waals surface area contributed by atoms with Crippen LogP contribution in [0.3, 0.4) is 0 Å². The molecule has 0 spiro atoms. The third-order valence-electron chi connectivity index (χ3n) is 4.46. The standard InChI is InChI=1S/C20H18N4O3/c21-19(26)16-4-2-6-23-20(16)24-7-8-27-18-15(12-24)9-14(10-17(18)25)13-3-1-5-22-11-13/h1-6,9-11,25H,7-8,12H2,(H2,21,26). The van der Waals surface area contributed by atoms with Crippen LogP contribution >= 0.6 is 0 Å². The Morgan fingerprint density at radius 2 is 2.04 bits per heavy atom. The van der Waals surface area contributed by atoms with Gasteiger partial charge in [0.05, 0.1) is 12.1 Å². The number of phenolic OH excluding ortho intramolecular Hbond substituents is 1. The lowest BCUT2D eigenvalue weighted by Crippen LogP contribution is -2.29. The summed E-state index contributed by atoms with van der Waals surface area (Å²) >= 11 is 0. The maximum atomic E-state index is 11.8. The highest BCUT2D eigenvalue weighted by Crippen LogP contribution is 2.38. The van der Waals surface area contributed by atoms with Gasteiger partial charge in [-0.05, 0) is 35.9 Å². The zero-order valence-electron chi connectivity index (χ0n) is 14.5. The molecule has 1 aliphatic heterocycles. The van der Waals surface area contributed by atoms with Crippen LogP contribution in [0.15, 0.2) is 55.0 Å². The molecule has 0 aliphatic carbocycles. The highest BCUT2D eigenvalue weighted by atomic mass is 16.5. The SMILES string of the molecule is NC(=O)c1cccnc1N1CCOc2c(O)cc(-c3cccnc3)cc2C1. The van der Waals surface area contributed by atoms with Crippen molar-refractivity contribution in [1.29, 1.82) is 0 Å². The van der Waals surface area contributed by atoms with E-state index < -0.39 is 5.91 Å². The first kappa shape index (κ1) is 16.8. The summed E-state index contributed by atoms with van der Waals surface area (Å²) in [5, 5.41) is 10.5. The molecule has 0 radical (unpaired) electrons. The lowest BCUT2D eigenvalue weighted by molar-refractivity contribution is 0.100. The van der Waals surface area contributed by atoms with Gasteiger partial charge in [0.15, 0.2) is 11.5 Å². The summed E-state index contributed by atoms with van der Waals surface area (Å²) in [6.07, 6.45) is 5.06. The van der Waals surface area contributed by atoms with Gasteiger partial charge in [-0.1, -0.05) is 6.07 Å². The molecule has 4 rings (SSSR count). The molecule has 0 saturated heterocycles. The molecule has 136 valence electrons. The molecule has 0 atom stereocenters. The molecule has 0 fully saturated rings. The Bertz CT molecular complexity index is 992. The van der Waals surface area contributed by atoms with Crippen molar-refractivity contribution in [3.8, 4) is 22.6 Å². The van der Waals surface area contributed by atoms with Crippen LogP contribution in [-0.4, -0.2) is 34.1 Å². The number of nitrogens with zero attached hydrogens (tertiary/aromatic N) is 3. The lowest BCUT2D eigenvalue weighted by Gasteiger charge is -2.22. The molecule has 2 aromatic heterocycles. The Morgan fingerprint density at radius 3 is 2.81 bits per heavy atom. The zero-order chi connectivity index (χ0) is 18.8. The van der Waals surface area contributed by atoms with E-state index in [9.17, 15) is 9.90 Å². The molecule has 0 saturated carbocycles. The largest absolute Gasteiger partial charge is 0.504 e. The molecule has 1 aliphatic rings. The number of aromatic hydroxyl groups is 1. The average Bonchev–Trinajstić information content (AvgIpc) is 2.91. The molecule has 7 heteroatoms. The molecule has 1 amide bonds. The molecule has 3 heterocycles. The third kappa shape index (κ3) is 3.27. The van der Waals surface area contributed by atoms with Crippen LogP contribution in [0.2, 0.25) is 0 Å². The van der Waals surface area contributed by atoms with Crippen LogP contribution in [-0.2, 0) is 6.54 Å². The van der Waals surface area contributed by atoms with Crippen LogP contribution in [0.1, 0.15) is 15.9 Å². The van der Waals surface area contributed by atoms with Crippen molar-refractivity contribution in [1.82, 2.24) is 9.97 Å². The molecule has 27 heavy (non-hydrogen) atoms. The Balaban J connectivity index is 1.76. The summed E-state index contributed by atoms with van der Waals surface area (Å²) in [5.74, 6) is 0.495. The van der Waals surface area contributed by atoms with Gasteiger partial charge in [0.2, 0.25) is 0 Å². The van der Waals surface area contributed by atoms with E-state index in [0.717, 1.165) is 16.7 Å². The van der Waals surface area contributed by atoms with Gasteiger partial charge in [-0.3, -0.25) is 9.78 Å². The number of hydrogen-bond acceptors (Lipinski definition) is 6. The molecule has 3 N–H and O–H groups in total. The Kier molecular flexibility index (Phi) is 4.33. The number of benzene rings is 1. The van der Waals surface area contributed by atoms with Crippen LogP contribution in [0.25, 0.3) is 11.1 Å². The summed E-state index contributed by atoms with van der Waals surface area (Å²) in [6.45, 7) is 1.28. The van der Waals surface area contributed by atoms with Gasteiger partial charge < -0.3 is 20.5 Å². The van der Waals surface area contributed by atoms with E-state index in [1.54, 1.807) is 36.8 Å². The van der Waals surface area contributed by atoms with Crippen molar-refractivity contribution >= 4 is 11.7 Å². The summed E-state index contributed by atoms with van der Waals surface area (Å²) in [6, 6.07) is 10.7. The predicted octanol–water partition coefficient (Wildman–Crippen LogP) is 2.35. The van der Waals surface area contributed by atoms with Crippen molar-refractivity contribution in [3.63, 3.8) is 0 Å². The number of carbonyl (C=O) groups excluding carboxylic acids is 1. The summed E-state index contributed by atoms with van der Waals surface area (Å²) < 4.78 is 5.77. The van der Waals surface area contributed by atoms with Gasteiger partial charge in [-0.2, -0.15) is 0 Å². The van der Waals surface area contributed by atoms with Crippen LogP contribution in [0.4, 0.5) is 5.82 Å². The average molecular weight is 362 g/mol. The molecule has 7 nitrogen and oxygen atoms in total. The van der Waals surface area contributed by atoms with Crippen molar-refractivity contribution in [2.24, 2.45) is 5.73 Å². The highest BCUT2D eigenvalue weighted by molar-refractivity contribution is 5.97. The Labute approximate surface area is 156 Å². The van der Waals surface area contributed by atoms with E-state index in [0.29, 0.717) is 36.8 Å². The summed E-state index contributed by atoms with van der Waals surface area (Å²) in [7, 11) is 0. The van der Waals surface area contributed by atoms with Gasteiger partial charge >= 0.3 is 0 Å². The fourth-order valence-electron chi connectivity index (χ4n) is 3.22. The van der Waals surface area contributed by atoms with Crippen LogP contribution in [0, 0.1) is 0 Å². The first-order valence-electron chi connectivity index (χ1n) is 8.52. The quantitative estimate of drug-likeness (QED) is 0.742. The van der Waals surface area contributed by atoms with Gasteiger partial charge in [-0.15, -0.1) is 0 Å². The number of anilines is 1.